The Hall–Kier alpha value is -2.87. The Bertz CT molecular complexity index is 1030. The third kappa shape index (κ3) is 3.80. The molecule has 6 nitrogen and oxygen atoms in total. The second kappa shape index (κ2) is 6.94. The van der Waals surface area contributed by atoms with E-state index in [1.165, 1.54) is 47.4 Å². The van der Waals surface area contributed by atoms with E-state index < -0.39 is 11.4 Å². The van der Waals surface area contributed by atoms with Gasteiger partial charge in [-0.3, -0.25) is 19.0 Å². The molecule has 2 aromatic heterocycles. The van der Waals surface area contributed by atoms with E-state index in [2.05, 4.69) is 10.3 Å². The van der Waals surface area contributed by atoms with E-state index in [0.29, 0.717) is 11.4 Å². The van der Waals surface area contributed by atoms with Crippen molar-refractivity contribution < 1.29 is 14.0 Å². The summed E-state index contributed by atoms with van der Waals surface area (Å²) in [6.45, 7) is 1.63. The van der Waals surface area contributed by atoms with Gasteiger partial charge in [0, 0.05) is 17.9 Å². The topological polar surface area (TPSA) is 81.1 Å². The number of amides is 1. The fourth-order valence-corrected chi connectivity index (χ4v) is 3.19. The smallest absolute Gasteiger partial charge is 0.261 e. The number of halogens is 1. The van der Waals surface area contributed by atoms with Crippen LogP contribution in [0.5, 0.6) is 0 Å². The summed E-state index contributed by atoms with van der Waals surface area (Å²) in [4.78, 5) is 41.1. The zero-order valence-electron chi connectivity index (χ0n) is 13.3. The molecular weight excluding hydrogens is 345 g/mol. The fraction of sp³-hybridized carbons (Fsp3) is 0.176. The first-order chi connectivity index (χ1) is 11.9. The van der Waals surface area contributed by atoms with E-state index in [-0.39, 0.29) is 29.1 Å². The Morgan fingerprint density at radius 3 is 2.84 bits per heavy atom. The molecule has 0 aliphatic carbocycles. The monoisotopic (exact) mass is 359 g/mol. The molecule has 0 unspecified atom stereocenters. The van der Waals surface area contributed by atoms with Crippen LogP contribution >= 0.6 is 11.3 Å². The van der Waals surface area contributed by atoms with Crippen LogP contribution in [-0.4, -0.2) is 21.2 Å². The first-order valence-electron chi connectivity index (χ1n) is 7.45. The van der Waals surface area contributed by atoms with Gasteiger partial charge >= 0.3 is 0 Å². The Morgan fingerprint density at radius 1 is 1.28 bits per heavy atom. The van der Waals surface area contributed by atoms with Crippen molar-refractivity contribution in [2.24, 2.45) is 0 Å². The molecular formula is C17H14FN3O3S. The van der Waals surface area contributed by atoms with E-state index in [9.17, 15) is 18.8 Å². The minimum atomic E-state index is -0.474. The number of hydrogen-bond donors (Lipinski definition) is 1. The summed E-state index contributed by atoms with van der Waals surface area (Å²) in [6, 6.07) is 7.15. The molecule has 0 spiro atoms. The van der Waals surface area contributed by atoms with Crippen molar-refractivity contribution in [3.63, 3.8) is 0 Å². The lowest BCUT2D eigenvalue weighted by atomic mass is 10.2. The molecule has 1 amide bonds. The molecule has 2 heterocycles. The average molecular weight is 359 g/mol. The van der Waals surface area contributed by atoms with Gasteiger partial charge in [0.1, 0.15) is 5.82 Å². The highest BCUT2D eigenvalue weighted by Gasteiger charge is 2.13. The minimum Gasteiger partial charge on any atom is -0.351 e. The van der Waals surface area contributed by atoms with Crippen LogP contribution in [0.4, 0.5) is 4.39 Å². The van der Waals surface area contributed by atoms with Gasteiger partial charge in [0.2, 0.25) is 5.91 Å². The van der Waals surface area contributed by atoms with Crippen LogP contribution in [0.3, 0.4) is 0 Å². The van der Waals surface area contributed by atoms with Crippen molar-refractivity contribution in [2.75, 3.05) is 0 Å². The second-order valence-electron chi connectivity index (χ2n) is 5.44. The van der Waals surface area contributed by atoms with Gasteiger partial charge in [-0.25, -0.2) is 9.37 Å². The van der Waals surface area contributed by atoms with Crippen LogP contribution in [0.25, 0.3) is 10.9 Å². The lowest BCUT2D eigenvalue weighted by Gasteiger charge is -2.05. The summed E-state index contributed by atoms with van der Waals surface area (Å²) < 4.78 is 14.4. The predicted octanol–water partition coefficient (Wildman–Crippen LogP) is 2.12. The van der Waals surface area contributed by atoms with Gasteiger partial charge in [-0.05, 0) is 24.3 Å². The van der Waals surface area contributed by atoms with Gasteiger partial charge in [0.25, 0.3) is 5.56 Å². The van der Waals surface area contributed by atoms with E-state index in [1.807, 2.05) is 0 Å². The molecule has 0 radical (unpaired) electrons. The summed E-state index contributed by atoms with van der Waals surface area (Å²) in [5, 5.41) is 2.92. The number of aromatic nitrogens is 2. The van der Waals surface area contributed by atoms with Crippen LogP contribution in [0, 0.1) is 5.82 Å². The third-order valence-corrected chi connectivity index (χ3v) is 4.68. The maximum Gasteiger partial charge on any atom is 0.261 e. The molecule has 0 saturated heterocycles. The first-order valence-corrected chi connectivity index (χ1v) is 8.27. The van der Waals surface area contributed by atoms with Gasteiger partial charge < -0.3 is 5.32 Å². The Balaban J connectivity index is 1.80. The number of ketones is 1. The van der Waals surface area contributed by atoms with Crippen molar-refractivity contribution in [2.45, 2.75) is 20.0 Å². The van der Waals surface area contributed by atoms with Crippen molar-refractivity contribution in [1.29, 1.82) is 0 Å². The normalized spacial score (nSPS) is 10.8. The number of fused-ring (bicyclic) bond motifs is 1. The zero-order valence-corrected chi connectivity index (χ0v) is 14.1. The second-order valence-corrected chi connectivity index (χ2v) is 6.61. The molecule has 1 aromatic carbocycles. The van der Waals surface area contributed by atoms with E-state index in [0.717, 1.165) is 4.88 Å². The number of nitrogens with zero attached hydrogens (tertiary/aromatic N) is 2. The van der Waals surface area contributed by atoms with Crippen molar-refractivity contribution in [1.82, 2.24) is 14.9 Å². The SMILES string of the molecule is CC(=O)NCc1ccc(C(=O)Cn2cnc3cc(F)ccc3c2=O)s1. The van der Waals surface area contributed by atoms with Crippen LogP contribution in [0.2, 0.25) is 0 Å². The first kappa shape index (κ1) is 17.0. The van der Waals surface area contributed by atoms with Gasteiger partial charge in [-0.1, -0.05) is 0 Å². The summed E-state index contributed by atoms with van der Waals surface area (Å²) in [5.74, 6) is -0.852. The Morgan fingerprint density at radius 2 is 2.08 bits per heavy atom. The summed E-state index contributed by atoms with van der Waals surface area (Å²) in [6.07, 6.45) is 1.24. The molecule has 3 rings (SSSR count). The number of rotatable bonds is 5. The maximum absolute atomic E-state index is 13.2. The summed E-state index contributed by atoms with van der Waals surface area (Å²) in [5.41, 5.74) is -0.143. The van der Waals surface area contributed by atoms with Crippen molar-refractivity contribution in [3.8, 4) is 0 Å². The number of carbonyl (C=O) groups excluding carboxylic acids is 2. The maximum atomic E-state index is 13.2. The van der Waals surface area contributed by atoms with Gasteiger partial charge in [-0.2, -0.15) is 0 Å². The molecule has 0 bridgehead atoms. The molecule has 0 aliphatic heterocycles. The molecule has 0 fully saturated rings. The molecule has 3 aromatic rings. The van der Waals surface area contributed by atoms with Crippen molar-refractivity contribution in [3.05, 3.63) is 62.6 Å². The quantitative estimate of drug-likeness (QED) is 0.708. The average Bonchev–Trinajstić information content (AvgIpc) is 3.04. The van der Waals surface area contributed by atoms with Gasteiger partial charge in [0.15, 0.2) is 5.78 Å². The Kier molecular flexibility index (Phi) is 4.71. The lowest BCUT2D eigenvalue weighted by molar-refractivity contribution is -0.119. The Labute approximate surface area is 145 Å². The standard InChI is InChI=1S/C17H14FN3O3S/c1-10(22)19-7-12-3-5-16(25-12)15(23)8-21-9-20-14-6-11(18)2-4-13(14)17(21)24/h2-6,9H,7-8H2,1H3,(H,19,22). The third-order valence-electron chi connectivity index (χ3n) is 3.55. The molecule has 0 saturated carbocycles. The number of thiophene rings is 1. The zero-order chi connectivity index (χ0) is 18.0. The van der Waals surface area contributed by atoms with Gasteiger partial charge in [-0.15, -0.1) is 11.3 Å². The van der Waals surface area contributed by atoms with Crippen molar-refractivity contribution >= 4 is 33.9 Å². The van der Waals surface area contributed by atoms with Crippen LogP contribution in [0.1, 0.15) is 21.5 Å². The number of nitrogens with one attached hydrogen (secondary N) is 1. The molecule has 8 heteroatoms. The minimum absolute atomic E-state index is 0.147. The highest BCUT2D eigenvalue weighted by molar-refractivity contribution is 7.14. The summed E-state index contributed by atoms with van der Waals surface area (Å²) >= 11 is 1.26. The van der Waals surface area contributed by atoms with Crippen LogP contribution in [-0.2, 0) is 17.9 Å². The van der Waals surface area contributed by atoms with Crippen LogP contribution in [0.15, 0.2) is 41.5 Å². The predicted molar refractivity (Wildman–Crippen MR) is 92.1 cm³/mol. The number of hydrogen-bond acceptors (Lipinski definition) is 5. The van der Waals surface area contributed by atoms with Gasteiger partial charge in [0.05, 0.1) is 35.2 Å². The van der Waals surface area contributed by atoms with E-state index >= 15 is 0 Å². The molecule has 25 heavy (non-hydrogen) atoms. The number of Topliss-reactive ketones (excluding diaryl/α,β-unsaturated/α-hetero) is 1. The highest BCUT2D eigenvalue weighted by Crippen LogP contribution is 2.17. The number of benzene rings is 1. The molecule has 0 aliphatic rings. The van der Waals surface area contributed by atoms with E-state index in [4.69, 9.17) is 0 Å². The number of carbonyl (C=O) groups is 2. The lowest BCUT2D eigenvalue weighted by Crippen LogP contribution is -2.24. The highest BCUT2D eigenvalue weighted by atomic mass is 32.1. The fourth-order valence-electron chi connectivity index (χ4n) is 2.31. The molecule has 128 valence electrons. The molecule has 0 atom stereocenters. The summed E-state index contributed by atoms with van der Waals surface area (Å²) in [7, 11) is 0. The van der Waals surface area contributed by atoms with E-state index in [1.54, 1.807) is 12.1 Å². The van der Waals surface area contributed by atoms with Crippen LogP contribution < -0.4 is 10.9 Å². The largest absolute Gasteiger partial charge is 0.351 e. The molecule has 1 N–H and O–H groups in total.